The zero-order valence-corrected chi connectivity index (χ0v) is 14.0. The van der Waals surface area contributed by atoms with Gasteiger partial charge in [0.25, 0.3) is 0 Å². The van der Waals surface area contributed by atoms with Gasteiger partial charge in [-0.1, -0.05) is 60.7 Å². The molecule has 2 amide bonds. The highest BCUT2D eigenvalue weighted by Gasteiger charge is 2.42. The monoisotopic (exact) mass is 340 g/mol. The molecule has 1 heterocycles. The Labute approximate surface area is 146 Å². The summed E-state index contributed by atoms with van der Waals surface area (Å²) in [5.41, 5.74) is 1.78. The van der Waals surface area contributed by atoms with Crippen LogP contribution in [0.1, 0.15) is 18.1 Å². The van der Waals surface area contributed by atoms with Gasteiger partial charge in [-0.15, -0.1) is 0 Å². The Bertz CT molecular complexity index is 721. The lowest BCUT2D eigenvalue weighted by Crippen LogP contribution is -2.67. The smallest absolute Gasteiger partial charge is 0.429 e. The number of benzene rings is 2. The van der Waals surface area contributed by atoms with E-state index in [-0.39, 0.29) is 19.3 Å². The van der Waals surface area contributed by atoms with E-state index in [1.54, 1.807) is 0 Å². The van der Waals surface area contributed by atoms with E-state index >= 15 is 0 Å². The molecule has 2 aromatic rings. The van der Waals surface area contributed by atoms with E-state index in [0.717, 1.165) is 11.1 Å². The second kappa shape index (κ2) is 7.70. The largest absolute Gasteiger partial charge is 0.443 e. The summed E-state index contributed by atoms with van der Waals surface area (Å²) in [5.74, 6) is 0. The van der Waals surface area contributed by atoms with Crippen LogP contribution >= 0.6 is 0 Å². The van der Waals surface area contributed by atoms with Crippen LogP contribution in [0.25, 0.3) is 0 Å². The lowest BCUT2D eigenvalue weighted by Gasteiger charge is -2.46. The fourth-order valence-corrected chi connectivity index (χ4v) is 2.58. The van der Waals surface area contributed by atoms with E-state index in [1.165, 1.54) is 10.0 Å². The van der Waals surface area contributed by atoms with E-state index in [1.807, 2.05) is 67.6 Å². The fraction of sp³-hybridized carbons (Fsp3) is 0.263. The average molecular weight is 340 g/mol. The number of hydrazine groups is 1. The Balaban J connectivity index is 1.51. The third kappa shape index (κ3) is 4.09. The number of hydrogen-bond donors (Lipinski definition) is 0. The molecule has 0 aromatic heterocycles. The molecule has 1 saturated heterocycles. The molecule has 0 N–H and O–H groups in total. The van der Waals surface area contributed by atoms with Crippen molar-refractivity contribution in [3.8, 4) is 0 Å². The zero-order valence-electron chi connectivity index (χ0n) is 14.0. The predicted octanol–water partition coefficient (Wildman–Crippen LogP) is 3.58. The Morgan fingerprint density at radius 1 is 0.880 bits per heavy atom. The van der Waals surface area contributed by atoms with Gasteiger partial charge in [-0.3, -0.25) is 0 Å². The molecule has 1 unspecified atom stereocenters. The van der Waals surface area contributed by atoms with Crippen molar-refractivity contribution < 1.29 is 19.1 Å². The van der Waals surface area contributed by atoms with Gasteiger partial charge in [0, 0.05) is 0 Å². The van der Waals surface area contributed by atoms with Crippen molar-refractivity contribution in [2.75, 3.05) is 6.54 Å². The van der Waals surface area contributed by atoms with Crippen molar-refractivity contribution in [2.24, 2.45) is 0 Å². The highest BCUT2D eigenvalue weighted by Crippen LogP contribution is 2.21. The molecule has 25 heavy (non-hydrogen) atoms. The first kappa shape index (κ1) is 16.8. The fourth-order valence-electron chi connectivity index (χ4n) is 2.58. The summed E-state index contributed by atoms with van der Waals surface area (Å²) in [6, 6.07) is 18.7. The molecule has 0 saturated carbocycles. The molecule has 2 aromatic carbocycles. The summed E-state index contributed by atoms with van der Waals surface area (Å²) in [6.45, 7) is 2.60. The number of rotatable bonds is 4. The van der Waals surface area contributed by atoms with Gasteiger partial charge in [-0.2, -0.15) is 0 Å². The Morgan fingerprint density at radius 3 is 1.84 bits per heavy atom. The summed E-state index contributed by atoms with van der Waals surface area (Å²) >= 11 is 0. The second-order valence-electron chi connectivity index (χ2n) is 5.86. The van der Waals surface area contributed by atoms with Crippen LogP contribution in [-0.4, -0.2) is 34.8 Å². The maximum atomic E-state index is 12.3. The third-order valence-corrected chi connectivity index (χ3v) is 3.92. The number of hydrogen-bond acceptors (Lipinski definition) is 4. The van der Waals surface area contributed by atoms with Crippen molar-refractivity contribution in [3.63, 3.8) is 0 Å². The lowest BCUT2D eigenvalue weighted by atomic mass is 10.2. The Morgan fingerprint density at radius 2 is 1.36 bits per heavy atom. The van der Waals surface area contributed by atoms with E-state index in [4.69, 9.17) is 9.47 Å². The molecular formula is C19H20N2O4. The molecule has 1 aliphatic rings. The second-order valence-corrected chi connectivity index (χ2v) is 5.86. The van der Waals surface area contributed by atoms with E-state index in [9.17, 15) is 9.59 Å². The van der Waals surface area contributed by atoms with Gasteiger partial charge < -0.3 is 9.47 Å². The van der Waals surface area contributed by atoms with Gasteiger partial charge in [0.15, 0.2) is 0 Å². The number of ether oxygens (including phenoxy) is 2. The van der Waals surface area contributed by atoms with Crippen LogP contribution < -0.4 is 0 Å². The van der Waals surface area contributed by atoms with Gasteiger partial charge in [0.2, 0.25) is 0 Å². The normalized spacial score (nSPS) is 16.1. The Hall–Kier alpha value is -3.02. The first-order chi connectivity index (χ1) is 12.1. The molecule has 0 spiro atoms. The number of carbonyl (C=O) groups excluding carboxylic acids is 2. The Kier molecular flexibility index (Phi) is 5.18. The molecule has 3 rings (SSSR count). The lowest BCUT2D eigenvalue weighted by molar-refractivity contribution is -0.116. The van der Waals surface area contributed by atoms with Crippen LogP contribution in [0.5, 0.6) is 0 Å². The van der Waals surface area contributed by atoms with Crippen LogP contribution in [-0.2, 0) is 22.7 Å². The molecule has 1 fully saturated rings. The summed E-state index contributed by atoms with van der Waals surface area (Å²) < 4.78 is 10.5. The molecular weight excluding hydrogens is 320 g/mol. The van der Waals surface area contributed by atoms with Crippen molar-refractivity contribution in [3.05, 3.63) is 71.8 Å². The maximum Gasteiger partial charge on any atom is 0.429 e. The van der Waals surface area contributed by atoms with Crippen LogP contribution in [0.15, 0.2) is 60.7 Å². The average Bonchev–Trinajstić information content (AvgIpc) is 2.64. The standard InChI is InChI=1S/C19H20N2O4/c1-15-12-20(18(22)24-13-16-8-4-2-5-9-16)21(15)19(23)25-14-17-10-6-3-7-11-17/h2-11,15H,12-14H2,1H3. The minimum Gasteiger partial charge on any atom is -0.443 e. The minimum atomic E-state index is -0.557. The molecule has 0 bridgehead atoms. The minimum absolute atomic E-state index is 0.104. The van der Waals surface area contributed by atoms with Crippen LogP contribution in [0.2, 0.25) is 0 Å². The van der Waals surface area contributed by atoms with Gasteiger partial charge in [0.1, 0.15) is 13.2 Å². The van der Waals surface area contributed by atoms with Crippen molar-refractivity contribution >= 4 is 12.2 Å². The zero-order chi connectivity index (χ0) is 17.6. The molecule has 6 heteroatoms. The SMILES string of the molecule is CC1CN(C(=O)OCc2ccccc2)N1C(=O)OCc1ccccc1. The topological polar surface area (TPSA) is 59.1 Å². The van der Waals surface area contributed by atoms with Gasteiger partial charge in [-0.05, 0) is 18.1 Å². The molecule has 0 aliphatic carbocycles. The highest BCUT2D eigenvalue weighted by atomic mass is 16.6. The molecule has 1 atom stereocenters. The maximum absolute atomic E-state index is 12.3. The van der Waals surface area contributed by atoms with Gasteiger partial charge >= 0.3 is 12.2 Å². The van der Waals surface area contributed by atoms with Crippen molar-refractivity contribution in [1.29, 1.82) is 0 Å². The number of nitrogens with zero attached hydrogens (tertiary/aromatic N) is 2. The summed E-state index contributed by atoms with van der Waals surface area (Å²) in [7, 11) is 0. The van der Waals surface area contributed by atoms with Crippen LogP contribution in [0, 0.1) is 0 Å². The summed E-state index contributed by atoms with van der Waals surface area (Å²) in [4.78, 5) is 24.4. The number of carbonyl (C=O) groups is 2. The van der Waals surface area contributed by atoms with Crippen LogP contribution in [0.3, 0.4) is 0 Å². The summed E-state index contributed by atoms with van der Waals surface area (Å²) in [5, 5.41) is 2.55. The predicted molar refractivity (Wildman–Crippen MR) is 91.3 cm³/mol. The first-order valence-electron chi connectivity index (χ1n) is 8.13. The third-order valence-electron chi connectivity index (χ3n) is 3.92. The van der Waals surface area contributed by atoms with Gasteiger partial charge in [0.05, 0.1) is 12.6 Å². The highest BCUT2D eigenvalue weighted by molar-refractivity contribution is 5.76. The molecule has 6 nitrogen and oxygen atoms in total. The molecule has 1 aliphatic heterocycles. The number of amides is 2. The van der Waals surface area contributed by atoms with Crippen molar-refractivity contribution in [2.45, 2.75) is 26.2 Å². The quantitative estimate of drug-likeness (QED) is 0.853. The summed E-state index contributed by atoms with van der Waals surface area (Å²) in [6.07, 6.45) is -1.11. The molecule has 130 valence electrons. The van der Waals surface area contributed by atoms with E-state index < -0.39 is 12.2 Å². The van der Waals surface area contributed by atoms with Gasteiger partial charge in [-0.25, -0.2) is 19.6 Å². The first-order valence-corrected chi connectivity index (χ1v) is 8.13. The van der Waals surface area contributed by atoms with E-state index in [0.29, 0.717) is 6.54 Å². The van der Waals surface area contributed by atoms with Crippen molar-refractivity contribution in [1.82, 2.24) is 10.0 Å². The molecule has 0 radical (unpaired) electrons. The van der Waals surface area contributed by atoms with Crippen LogP contribution in [0.4, 0.5) is 9.59 Å². The van der Waals surface area contributed by atoms with E-state index in [2.05, 4.69) is 0 Å².